The number of esters is 2. The van der Waals surface area contributed by atoms with E-state index in [-0.39, 0.29) is 11.6 Å². The molecule has 2 N–H and O–H groups in total. The molecule has 1 saturated heterocycles. The molecule has 0 aromatic carbocycles. The van der Waals surface area contributed by atoms with Crippen LogP contribution in [-0.4, -0.2) is 43.7 Å². The smallest absolute Gasteiger partial charge is 0.303 e. The Morgan fingerprint density at radius 3 is 2.64 bits per heavy atom. The maximum Gasteiger partial charge on any atom is 0.303 e. The zero-order chi connectivity index (χ0) is 18.1. The number of halogens is 1. The molecule has 132 valence electrons. The molecule has 1 aliphatic heterocycles. The Kier molecular flexibility index (Phi) is 4.45. The predicted octanol–water partition coefficient (Wildman–Crippen LogP) is 0.881. The van der Waals surface area contributed by atoms with E-state index in [0.29, 0.717) is 11.2 Å². The van der Waals surface area contributed by atoms with Gasteiger partial charge in [-0.1, -0.05) is 11.6 Å². The second kappa shape index (κ2) is 6.55. The second-order valence-electron chi connectivity index (χ2n) is 5.21. The summed E-state index contributed by atoms with van der Waals surface area (Å²) in [7, 11) is 0. The molecule has 0 bridgehead atoms. The van der Waals surface area contributed by atoms with Crippen molar-refractivity contribution in [1.82, 2.24) is 19.5 Å². The van der Waals surface area contributed by atoms with Crippen molar-refractivity contribution in [2.45, 2.75) is 32.3 Å². The summed E-state index contributed by atoms with van der Waals surface area (Å²) in [4.78, 5) is 35.0. The van der Waals surface area contributed by atoms with E-state index >= 15 is 0 Å². The highest BCUT2D eigenvalue weighted by atomic mass is 35.5. The Labute approximate surface area is 146 Å². The Bertz CT molecular complexity index is 866. The molecule has 1 fully saturated rings. The Morgan fingerprint density at radius 1 is 1.28 bits per heavy atom. The van der Waals surface area contributed by atoms with Crippen molar-refractivity contribution < 1.29 is 23.8 Å². The monoisotopic (exact) mass is 367 g/mol. The van der Waals surface area contributed by atoms with Crippen molar-refractivity contribution >= 4 is 40.5 Å². The fourth-order valence-corrected chi connectivity index (χ4v) is 2.74. The number of carbonyl (C=O) groups is 2. The van der Waals surface area contributed by atoms with Gasteiger partial charge >= 0.3 is 11.9 Å². The number of fused-ring (bicyclic) bond motifs is 1. The van der Waals surface area contributed by atoms with Crippen LogP contribution in [0.1, 0.15) is 20.1 Å². The van der Waals surface area contributed by atoms with Crippen molar-refractivity contribution in [1.29, 1.82) is 0 Å². The first kappa shape index (κ1) is 17.0. The van der Waals surface area contributed by atoms with Crippen molar-refractivity contribution in [2.75, 3.05) is 5.73 Å². The molecular formula is C14H14ClN5O5. The first-order valence-corrected chi connectivity index (χ1v) is 7.60. The highest BCUT2D eigenvalue weighted by Crippen LogP contribution is 2.38. The van der Waals surface area contributed by atoms with E-state index < -0.39 is 30.4 Å². The number of hydrogen-bond acceptors (Lipinski definition) is 9. The maximum absolute atomic E-state index is 11.5. The van der Waals surface area contributed by atoms with E-state index in [1.165, 1.54) is 31.1 Å². The Balaban J connectivity index is 2.07. The number of nitrogens with zero attached hydrogens (tertiary/aromatic N) is 4. The van der Waals surface area contributed by atoms with Gasteiger partial charge in [0.1, 0.15) is 18.2 Å². The number of hydrogen-bond donors (Lipinski definition) is 1. The van der Waals surface area contributed by atoms with Gasteiger partial charge in [0.2, 0.25) is 18.4 Å². The minimum absolute atomic E-state index is 0.136. The molecule has 10 nitrogen and oxygen atoms in total. The summed E-state index contributed by atoms with van der Waals surface area (Å²) in [6, 6.07) is 0. The molecule has 3 heterocycles. The van der Waals surface area contributed by atoms with E-state index in [9.17, 15) is 9.59 Å². The molecule has 11 heteroatoms. The van der Waals surface area contributed by atoms with Crippen LogP contribution in [0, 0.1) is 0 Å². The topological polar surface area (TPSA) is 131 Å². The van der Waals surface area contributed by atoms with E-state index in [2.05, 4.69) is 15.0 Å². The zero-order valence-electron chi connectivity index (χ0n) is 13.2. The third kappa shape index (κ3) is 3.07. The molecule has 2 aromatic rings. The van der Waals surface area contributed by atoms with Crippen molar-refractivity contribution in [3.05, 3.63) is 23.9 Å². The quantitative estimate of drug-likeness (QED) is 0.785. The van der Waals surface area contributed by atoms with Crippen LogP contribution in [0.5, 0.6) is 0 Å². The minimum Gasteiger partial charge on any atom is -0.465 e. The molecule has 0 spiro atoms. The lowest BCUT2D eigenvalue weighted by Gasteiger charge is -2.21. The highest BCUT2D eigenvalue weighted by Gasteiger charge is 2.48. The number of ether oxygens (including phenoxy) is 3. The summed E-state index contributed by atoms with van der Waals surface area (Å²) in [5.74, 6) is -0.831. The Hall–Kier alpha value is -2.88. The van der Waals surface area contributed by atoms with Crippen LogP contribution in [0.15, 0.2) is 23.9 Å². The van der Waals surface area contributed by atoms with E-state index in [1.54, 1.807) is 0 Å². The van der Waals surface area contributed by atoms with Gasteiger partial charge < -0.3 is 19.9 Å². The molecular weight excluding hydrogens is 354 g/mol. The van der Waals surface area contributed by atoms with Crippen LogP contribution < -0.4 is 5.73 Å². The zero-order valence-corrected chi connectivity index (χ0v) is 14.0. The number of aromatic nitrogens is 4. The fourth-order valence-electron chi connectivity index (χ4n) is 2.56. The van der Waals surface area contributed by atoms with Gasteiger partial charge in [-0.15, -0.1) is 0 Å². The normalized spacial score (nSPS) is 24.3. The van der Waals surface area contributed by atoms with Gasteiger partial charge in [0.05, 0.1) is 0 Å². The average molecular weight is 368 g/mol. The first-order valence-electron chi connectivity index (χ1n) is 7.16. The number of rotatable bonds is 3. The van der Waals surface area contributed by atoms with Gasteiger partial charge in [-0.2, -0.15) is 0 Å². The number of imidazole rings is 1. The molecule has 0 radical (unpaired) electrons. The minimum atomic E-state index is -1.000. The summed E-state index contributed by atoms with van der Waals surface area (Å²) in [6.45, 7) is 2.46. The van der Waals surface area contributed by atoms with Gasteiger partial charge in [-0.3, -0.25) is 14.2 Å². The molecule has 3 rings (SSSR count). The molecule has 2 aromatic heterocycles. The third-order valence-corrected chi connectivity index (χ3v) is 3.70. The van der Waals surface area contributed by atoms with E-state index in [1.807, 2.05) is 0 Å². The summed E-state index contributed by atoms with van der Waals surface area (Å²) >= 11 is 5.77. The molecule has 1 aliphatic rings. The van der Waals surface area contributed by atoms with E-state index in [4.69, 9.17) is 31.5 Å². The molecule has 0 saturated carbocycles. The van der Waals surface area contributed by atoms with Crippen LogP contribution in [-0.2, 0) is 23.8 Å². The lowest BCUT2D eigenvalue weighted by molar-refractivity contribution is -0.164. The molecule has 0 amide bonds. The number of anilines is 1. The van der Waals surface area contributed by atoms with Crippen LogP contribution in [0.2, 0.25) is 0 Å². The number of carbonyl (C=O) groups excluding carboxylic acids is 2. The van der Waals surface area contributed by atoms with Gasteiger partial charge in [-0.05, 0) is 0 Å². The van der Waals surface area contributed by atoms with E-state index in [0.717, 1.165) is 5.54 Å². The summed E-state index contributed by atoms with van der Waals surface area (Å²) in [5.41, 5.74) is 7.62. The predicted molar refractivity (Wildman–Crippen MR) is 84.9 cm³/mol. The largest absolute Gasteiger partial charge is 0.465 e. The fraction of sp³-hybridized carbons (Fsp3) is 0.357. The summed E-state index contributed by atoms with van der Waals surface area (Å²) in [5, 5.41) is 0. The number of nitrogens with two attached hydrogens (primary N) is 1. The SMILES string of the molecule is CC(=O)O[C@@H]1[C@H](OC(C)=O)/C(=C/Cl)O[C@H]1n1cnc2c(N)ncnc21. The molecule has 0 unspecified atom stereocenters. The lowest BCUT2D eigenvalue weighted by atomic mass is 10.2. The van der Waals surface area contributed by atoms with Gasteiger partial charge in [0, 0.05) is 19.4 Å². The number of nitrogen functional groups attached to an aromatic ring is 1. The van der Waals surface area contributed by atoms with Crippen LogP contribution in [0.25, 0.3) is 11.2 Å². The summed E-state index contributed by atoms with van der Waals surface area (Å²) < 4.78 is 17.7. The highest BCUT2D eigenvalue weighted by molar-refractivity contribution is 6.25. The van der Waals surface area contributed by atoms with Crippen molar-refractivity contribution in [3.63, 3.8) is 0 Å². The van der Waals surface area contributed by atoms with Crippen LogP contribution in [0.4, 0.5) is 5.82 Å². The van der Waals surface area contributed by atoms with Crippen LogP contribution in [0.3, 0.4) is 0 Å². The van der Waals surface area contributed by atoms with Gasteiger partial charge in [-0.25, -0.2) is 15.0 Å². The Morgan fingerprint density at radius 2 is 2.00 bits per heavy atom. The molecule has 25 heavy (non-hydrogen) atoms. The average Bonchev–Trinajstić information content (AvgIpc) is 3.10. The maximum atomic E-state index is 11.5. The molecule has 3 atom stereocenters. The third-order valence-electron chi connectivity index (χ3n) is 3.48. The summed E-state index contributed by atoms with van der Waals surface area (Å²) in [6.07, 6.45) is -0.204. The molecule has 0 aliphatic carbocycles. The standard InChI is InChI=1S/C14H14ClN5O5/c1-6(21)23-10-8(3-15)25-14(11(10)24-7(2)22)20-5-19-9-12(16)17-4-18-13(9)20/h3-5,10-11,14H,1-2H3,(H2,16,17,18)/b8-3-/t10-,11-,14-/m1/s1. The van der Waals surface area contributed by atoms with Gasteiger partial charge in [0.15, 0.2) is 17.2 Å². The van der Waals surface area contributed by atoms with Crippen LogP contribution >= 0.6 is 11.6 Å². The van der Waals surface area contributed by atoms with Crippen molar-refractivity contribution in [2.24, 2.45) is 0 Å². The first-order chi connectivity index (χ1) is 11.9. The van der Waals surface area contributed by atoms with Crippen molar-refractivity contribution in [3.8, 4) is 0 Å². The lowest BCUT2D eigenvalue weighted by Crippen LogP contribution is -2.35. The van der Waals surface area contributed by atoms with Gasteiger partial charge in [0.25, 0.3) is 0 Å². The second-order valence-corrected chi connectivity index (χ2v) is 5.43.